The third-order valence-electron chi connectivity index (χ3n) is 3.47. The number of aryl methyl sites for hydroxylation is 2. The zero-order valence-corrected chi connectivity index (χ0v) is 12.0. The molecule has 0 unspecified atom stereocenters. The minimum Gasteiger partial charge on any atom is -0.317 e. The lowest BCUT2D eigenvalue weighted by atomic mass is 10.0. The standard InChI is InChI=1S/C16H13ClN2O/c1-10-3-4-11(7-15(10)17)14-9-19(2)16(20)13-8-18-6-5-12(13)14/h3-9H,1-2H3. The van der Waals surface area contributed by atoms with E-state index < -0.39 is 0 Å². The molecule has 0 aliphatic rings. The molecule has 0 saturated carbocycles. The number of halogens is 1. The lowest BCUT2D eigenvalue weighted by molar-refractivity contribution is 0.874. The Balaban J connectivity index is 2.39. The summed E-state index contributed by atoms with van der Waals surface area (Å²) in [5, 5.41) is 2.23. The summed E-state index contributed by atoms with van der Waals surface area (Å²) in [6.45, 7) is 1.97. The minimum absolute atomic E-state index is 0.0462. The van der Waals surface area contributed by atoms with E-state index in [4.69, 9.17) is 11.6 Å². The Labute approximate surface area is 121 Å². The Morgan fingerprint density at radius 2 is 2.00 bits per heavy atom. The van der Waals surface area contributed by atoms with Gasteiger partial charge in [0.2, 0.25) is 0 Å². The normalized spacial score (nSPS) is 10.9. The molecule has 0 radical (unpaired) electrons. The van der Waals surface area contributed by atoms with Crippen LogP contribution in [0, 0.1) is 6.92 Å². The smallest absolute Gasteiger partial charge is 0.259 e. The first-order valence-electron chi connectivity index (χ1n) is 6.28. The number of benzene rings is 1. The highest BCUT2D eigenvalue weighted by atomic mass is 35.5. The van der Waals surface area contributed by atoms with E-state index in [2.05, 4.69) is 4.98 Å². The summed E-state index contributed by atoms with van der Waals surface area (Å²) < 4.78 is 1.58. The van der Waals surface area contributed by atoms with Gasteiger partial charge in [0.15, 0.2) is 0 Å². The van der Waals surface area contributed by atoms with E-state index in [0.29, 0.717) is 5.39 Å². The second kappa shape index (κ2) is 4.76. The van der Waals surface area contributed by atoms with Crippen molar-refractivity contribution in [2.24, 2.45) is 7.05 Å². The average Bonchev–Trinajstić information content (AvgIpc) is 2.46. The van der Waals surface area contributed by atoms with Gasteiger partial charge >= 0.3 is 0 Å². The molecule has 0 aliphatic heterocycles. The first-order chi connectivity index (χ1) is 9.58. The van der Waals surface area contributed by atoms with Gasteiger partial charge < -0.3 is 4.57 Å². The fraction of sp³-hybridized carbons (Fsp3) is 0.125. The number of hydrogen-bond acceptors (Lipinski definition) is 2. The van der Waals surface area contributed by atoms with Crippen LogP contribution in [0.25, 0.3) is 21.9 Å². The molecule has 3 aromatic rings. The molecule has 1 aromatic carbocycles. The van der Waals surface area contributed by atoms with E-state index in [1.165, 1.54) is 0 Å². The molecule has 3 nitrogen and oxygen atoms in total. The SMILES string of the molecule is Cc1ccc(-c2cn(C)c(=O)c3cnccc23)cc1Cl. The molecule has 2 heterocycles. The molecule has 0 saturated heterocycles. The summed E-state index contributed by atoms with van der Waals surface area (Å²) >= 11 is 6.21. The van der Waals surface area contributed by atoms with Crippen LogP contribution in [0.3, 0.4) is 0 Å². The summed E-state index contributed by atoms with van der Waals surface area (Å²) in [5.74, 6) is 0. The van der Waals surface area contributed by atoms with Crippen molar-refractivity contribution < 1.29 is 0 Å². The van der Waals surface area contributed by atoms with Crippen molar-refractivity contribution in [3.63, 3.8) is 0 Å². The van der Waals surface area contributed by atoms with Crippen molar-refractivity contribution in [2.75, 3.05) is 0 Å². The number of pyridine rings is 2. The summed E-state index contributed by atoms with van der Waals surface area (Å²) in [5.41, 5.74) is 2.96. The Morgan fingerprint density at radius 1 is 1.20 bits per heavy atom. The largest absolute Gasteiger partial charge is 0.317 e. The summed E-state index contributed by atoms with van der Waals surface area (Å²) in [6.07, 6.45) is 5.14. The van der Waals surface area contributed by atoms with Crippen molar-refractivity contribution in [1.29, 1.82) is 0 Å². The van der Waals surface area contributed by atoms with Crippen molar-refractivity contribution in [3.8, 4) is 11.1 Å². The van der Waals surface area contributed by atoms with Gasteiger partial charge in [0.1, 0.15) is 0 Å². The third-order valence-corrected chi connectivity index (χ3v) is 3.87. The maximum Gasteiger partial charge on any atom is 0.259 e. The molecule has 0 N–H and O–H groups in total. The Bertz CT molecular complexity index is 868. The minimum atomic E-state index is -0.0462. The van der Waals surface area contributed by atoms with Crippen molar-refractivity contribution in [2.45, 2.75) is 6.92 Å². The van der Waals surface area contributed by atoms with Gasteiger partial charge in [-0.05, 0) is 35.6 Å². The Hall–Kier alpha value is -2.13. The molecule has 4 heteroatoms. The molecule has 0 bridgehead atoms. The van der Waals surface area contributed by atoms with Crippen LogP contribution in [0.4, 0.5) is 0 Å². The lowest BCUT2D eigenvalue weighted by Crippen LogP contribution is -2.16. The second-order valence-electron chi connectivity index (χ2n) is 4.84. The van der Waals surface area contributed by atoms with Crippen molar-refractivity contribution in [3.05, 3.63) is 63.8 Å². The number of fused-ring (bicyclic) bond motifs is 1. The summed E-state index contributed by atoms with van der Waals surface area (Å²) in [6, 6.07) is 7.78. The van der Waals surface area contributed by atoms with Gasteiger partial charge in [0.05, 0.1) is 5.39 Å². The number of nitrogens with zero attached hydrogens (tertiary/aromatic N) is 2. The van der Waals surface area contributed by atoms with Crippen LogP contribution in [-0.2, 0) is 7.05 Å². The summed E-state index contributed by atoms with van der Waals surface area (Å²) in [7, 11) is 1.74. The molecular weight excluding hydrogens is 272 g/mol. The third kappa shape index (κ3) is 2.00. The van der Waals surface area contributed by atoms with Crippen LogP contribution in [-0.4, -0.2) is 9.55 Å². The molecule has 2 aromatic heterocycles. The van der Waals surface area contributed by atoms with Gasteiger partial charge in [-0.1, -0.05) is 23.7 Å². The molecular formula is C16H13ClN2O. The predicted molar refractivity (Wildman–Crippen MR) is 82.2 cm³/mol. The highest BCUT2D eigenvalue weighted by Gasteiger charge is 2.09. The van der Waals surface area contributed by atoms with E-state index in [1.807, 2.05) is 37.4 Å². The number of rotatable bonds is 1. The number of hydrogen-bond donors (Lipinski definition) is 0. The first kappa shape index (κ1) is 12.9. The van der Waals surface area contributed by atoms with Crippen LogP contribution in [0.1, 0.15) is 5.56 Å². The fourth-order valence-corrected chi connectivity index (χ4v) is 2.48. The van der Waals surface area contributed by atoms with Gasteiger partial charge in [-0.2, -0.15) is 0 Å². The maximum absolute atomic E-state index is 12.1. The lowest BCUT2D eigenvalue weighted by Gasteiger charge is -2.10. The van der Waals surface area contributed by atoms with E-state index in [9.17, 15) is 4.79 Å². The average molecular weight is 285 g/mol. The van der Waals surface area contributed by atoms with E-state index in [0.717, 1.165) is 27.1 Å². The quantitative estimate of drug-likeness (QED) is 0.685. The molecule has 0 aliphatic carbocycles. The predicted octanol–water partition coefficient (Wildman–Crippen LogP) is 3.56. The molecule has 0 amide bonds. The van der Waals surface area contributed by atoms with Crippen LogP contribution in [0.15, 0.2) is 47.7 Å². The monoisotopic (exact) mass is 284 g/mol. The first-order valence-corrected chi connectivity index (χ1v) is 6.65. The molecule has 0 atom stereocenters. The second-order valence-corrected chi connectivity index (χ2v) is 5.25. The Kier molecular flexibility index (Phi) is 3.07. The summed E-state index contributed by atoms with van der Waals surface area (Å²) in [4.78, 5) is 16.2. The highest BCUT2D eigenvalue weighted by molar-refractivity contribution is 6.31. The van der Waals surface area contributed by atoms with Gasteiger partial charge in [0.25, 0.3) is 5.56 Å². The maximum atomic E-state index is 12.1. The zero-order valence-electron chi connectivity index (χ0n) is 11.2. The van der Waals surface area contributed by atoms with Crippen molar-refractivity contribution in [1.82, 2.24) is 9.55 Å². The molecule has 100 valence electrons. The van der Waals surface area contributed by atoms with Crippen LogP contribution >= 0.6 is 11.6 Å². The molecule has 0 spiro atoms. The molecule has 3 rings (SSSR count). The zero-order chi connectivity index (χ0) is 14.3. The highest BCUT2D eigenvalue weighted by Crippen LogP contribution is 2.29. The topological polar surface area (TPSA) is 34.9 Å². The Morgan fingerprint density at radius 3 is 2.75 bits per heavy atom. The van der Waals surface area contributed by atoms with Crippen LogP contribution in [0.2, 0.25) is 5.02 Å². The van der Waals surface area contributed by atoms with E-state index >= 15 is 0 Å². The van der Waals surface area contributed by atoms with Gasteiger partial charge in [-0.15, -0.1) is 0 Å². The molecule has 20 heavy (non-hydrogen) atoms. The van der Waals surface area contributed by atoms with E-state index in [-0.39, 0.29) is 5.56 Å². The van der Waals surface area contributed by atoms with Crippen LogP contribution < -0.4 is 5.56 Å². The van der Waals surface area contributed by atoms with Crippen LogP contribution in [0.5, 0.6) is 0 Å². The fourth-order valence-electron chi connectivity index (χ4n) is 2.30. The van der Waals surface area contributed by atoms with Gasteiger partial charge in [0, 0.05) is 36.2 Å². The van der Waals surface area contributed by atoms with Gasteiger partial charge in [-0.3, -0.25) is 9.78 Å². The molecule has 0 fully saturated rings. The van der Waals surface area contributed by atoms with Gasteiger partial charge in [-0.25, -0.2) is 0 Å². The number of aromatic nitrogens is 2. The van der Waals surface area contributed by atoms with E-state index in [1.54, 1.807) is 24.0 Å². The van der Waals surface area contributed by atoms with Crippen molar-refractivity contribution >= 4 is 22.4 Å².